The fraction of sp³-hybridized carbons (Fsp3) is 0.375. The van der Waals surface area contributed by atoms with Crippen LogP contribution < -0.4 is 4.74 Å². The Bertz CT molecular complexity index is 1030. The van der Waals surface area contributed by atoms with Gasteiger partial charge in [-0.15, -0.1) is 0 Å². The van der Waals surface area contributed by atoms with Crippen LogP contribution in [0.15, 0.2) is 59.1 Å². The van der Waals surface area contributed by atoms with Gasteiger partial charge in [0.25, 0.3) is 0 Å². The molecular weight excluding hydrogens is 378 g/mol. The number of benzene rings is 2. The molecule has 1 aliphatic carbocycles. The molecule has 3 unspecified atom stereocenters. The highest BCUT2D eigenvalue weighted by Gasteiger charge is 2.47. The van der Waals surface area contributed by atoms with Gasteiger partial charge in [-0.2, -0.15) is 4.98 Å². The van der Waals surface area contributed by atoms with Crippen LogP contribution >= 0.6 is 0 Å². The summed E-state index contributed by atoms with van der Waals surface area (Å²) in [7, 11) is 1.63. The lowest BCUT2D eigenvalue weighted by Gasteiger charge is -2.33. The van der Waals surface area contributed by atoms with Crippen molar-refractivity contribution in [3.05, 3.63) is 66.1 Å². The molecule has 1 aliphatic heterocycles. The predicted octanol–water partition coefficient (Wildman–Crippen LogP) is 4.60. The highest BCUT2D eigenvalue weighted by Crippen LogP contribution is 2.49. The van der Waals surface area contributed by atoms with E-state index in [-0.39, 0.29) is 17.9 Å². The van der Waals surface area contributed by atoms with E-state index < -0.39 is 0 Å². The predicted molar refractivity (Wildman–Crippen MR) is 112 cm³/mol. The van der Waals surface area contributed by atoms with Gasteiger partial charge in [0.05, 0.1) is 7.11 Å². The Labute approximate surface area is 175 Å². The zero-order valence-electron chi connectivity index (χ0n) is 17.0. The summed E-state index contributed by atoms with van der Waals surface area (Å²) in [5.74, 6) is 2.40. The van der Waals surface area contributed by atoms with E-state index in [0.717, 1.165) is 43.5 Å². The molecule has 6 nitrogen and oxygen atoms in total. The number of carbonyl (C=O) groups is 1. The molecule has 1 amide bonds. The summed E-state index contributed by atoms with van der Waals surface area (Å²) in [6.07, 6.45) is 3.85. The molecule has 2 heterocycles. The second kappa shape index (κ2) is 7.94. The largest absolute Gasteiger partial charge is 0.497 e. The van der Waals surface area contributed by atoms with Gasteiger partial charge in [0.1, 0.15) is 11.8 Å². The van der Waals surface area contributed by atoms with Gasteiger partial charge >= 0.3 is 0 Å². The summed E-state index contributed by atoms with van der Waals surface area (Å²) < 4.78 is 10.9. The van der Waals surface area contributed by atoms with Crippen LogP contribution in [0.3, 0.4) is 0 Å². The van der Waals surface area contributed by atoms with Crippen LogP contribution in [0.4, 0.5) is 0 Å². The highest BCUT2D eigenvalue weighted by molar-refractivity contribution is 5.83. The zero-order chi connectivity index (χ0) is 20.5. The number of ether oxygens (including phenoxy) is 1. The summed E-state index contributed by atoms with van der Waals surface area (Å²) in [5, 5.41) is 4.17. The Morgan fingerprint density at radius 1 is 1.13 bits per heavy atom. The molecule has 3 aromatic rings. The Morgan fingerprint density at radius 2 is 2.00 bits per heavy atom. The van der Waals surface area contributed by atoms with Crippen molar-refractivity contribution in [2.24, 2.45) is 5.92 Å². The molecule has 30 heavy (non-hydrogen) atoms. The Morgan fingerprint density at radius 3 is 2.83 bits per heavy atom. The second-order valence-corrected chi connectivity index (χ2v) is 8.09. The zero-order valence-corrected chi connectivity index (χ0v) is 17.0. The molecule has 0 spiro atoms. The van der Waals surface area contributed by atoms with Crippen LogP contribution in [0.2, 0.25) is 0 Å². The van der Waals surface area contributed by atoms with E-state index in [4.69, 9.17) is 9.26 Å². The molecule has 154 valence electrons. The molecule has 1 aromatic heterocycles. The number of piperidine rings is 1. The minimum Gasteiger partial charge on any atom is -0.497 e. The third-order valence-electron chi connectivity index (χ3n) is 6.18. The smallest absolute Gasteiger partial charge is 0.249 e. The van der Waals surface area contributed by atoms with Gasteiger partial charge in [-0.3, -0.25) is 4.79 Å². The summed E-state index contributed by atoms with van der Waals surface area (Å²) in [5.41, 5.74) is 2.09. The molecule has 2 fully saturated rings. The first-order valence-corrected chi connectivity index (χ1v) is 10.6. The van der Waals surface area contributed by atoms with Gasteiger partial charge in [-0.05, 0) is 49.3 Å². The Kier molecular flexibility index (Phi) is 4.99. The van der Waals surface area contributed by atoms with E-state index in [1.165, 1.54) is 5.56 Å². The lowest BCUT2D eigenvalue weighted by Crippen LogP contribution is -2.39. The van der Waals surface area contributed by atoms with E-state index in [9.17, 15) is 4.79 Å². The van der Waals surface area contributed by atoms with Crippen LogP contribution in [0.5, 0.6) is 5.75 Å². The van der Waals surface area contributed by atoms with Crippen molar-refractivity contribution in [2.75, 3.05) is 13.7 Å². The van der Waals surface area contributed by atoms with Crippen LogP contribution in [-0.2, 0) is 4.79 Å². The molecule has 0 radical (unpaired) electrons. The summed E-state index contributed by atoms with van der Waals surface area (Å²) >= 11 is 0. The van der Waals surface area contributed by atoms with Gasteiger partial charge in [-0.1, -0.05) is 47.6 Å². The quantitative estimate of drug-likeness (QED) is 0.623. The maximum Gasteiger partial charge on any atom is 0.249 e. The van der Waals surface area contributed by atoms with Crippen molar-refractivity contribution in [3.63, 3.8) is 0 Å². The minimum absolute atomic E-state index is 0.0637. The van der Waals surface area contributed by atoms with Gasteiger partial charge in [-0.25, -0.2) is 0 Å². The van der Waals surface area contributed by atoms with E-state index >= 15 is 0 Å². The maximum absolute atomic E-state index is 13.3. The van der Waals surface area contributed by atoms with Crippen molar-refractivity contribution in [1.82, 2.24) is 15.0 Å². The molecule has 3 atom stereocenters. The number of likely N-dealkylation sites (tertiary alicyclic amines) is 1. The lowest BCUT2D eigenvalue weighted by atomic mass is 10.0. The average Bonchev–Trinajstić information content (AvgIpc) is 3.47. The van der Waals surface area contributed by atoms with E-state index in [2.05, 4.69) is 22.3 Å². The molecule has 5 rings (SSSR count). The molecule has 1 saturated heterocycles. The normalized spacial score (nSPS) is 23.2. The second-order valence-electron chi connectivity index (χ2n) is 8.09. The van der Waals surface area contributed by atoms with Gasteiger partial charge in [0, 0.05) is 18.0 Å². The first-order chi connectivity index (χ1) is 14.7. The number of methoxy groups -OCH3 is 1. The number of amides is 1. The summed E-state index contributed by atoms with van der Waals surface area (Å²) in [6, 6.07) is 17.8. The number of nitrogens with zero attached hydrogens (tertiary/aromatic N) is 3. The fourth-order valence-electron chi connectivity index (χ4n) is 4.45. The molecule has 0 N–H and O–H groups in total. The number of hydrogen-bond acceptors (Lipinski definition) is 5. The fourth-order valence-corrected chi connectivity index (χ4v) is 4.45. The SMILES string of the molecule is COc1cccc(-c2noc(C3CCCCN3C(=O)C3CC3c3ccccc3)n2)c1. The van der Waals surface area contributed by atoms with Gasteiger partial charge in [0.15, 0.2) is 0 Å². The van der Waals surface area contributed by atoms with Crippen molar-refractivity contribution in [3.8, 4) is 17.1 Å². The van der Waals surface area contributed by atoms with E-state index in [1.807, 2.05) is 47.4 Å². The van der Waals surface area contributed by atoms with E-state index in [1.54, 1.807) is 7.11 Å². The summed E-state index contributed by atoms with van der Waals surface area (Å²) in [6.45, 7) is 0.748. The number of aromatic nitrogens is 2. The molecule has 6 heteroatoms. The van der Waals surface area contributed by atoms with Crippen LogP contribution in [0.1, 0.15) is 49.1 Å². The molecule has 2 aliphatic rings. The highest BCUT2D eigenvalue weighted by atomic mass is 16.5. The third kappa shape index (κ3) is 3.58. The topological polar surface area (TPSA) is 68.5 Å². The van der Waals surface area contributed by atoms with Crippen LogP contribution in [0, 0.1) is 5.92 Å². The lowest BCUT2D eigenvalue weighted by molar-refractivity contribution is -0.137. The minimum atomic E-state index is -0.143. The molecule has 1 saturated carbocycles. The molecular formula is C24H25N3O3. The summed E-state index contributed by atoms with van der Waals surface area (Å²) in [4.78, 5) is 19.9. The average molecular weight is 403 g/mol. The Hall–Kier alpha value is -3.15. The molecule has 2 aromatic carbocycles. The first-order valence-electron chi connectivity index (χ1n) is 10.6. The third-order valence-corrected chi connectivity index (χ3v) is 6.18. The van der Waals surface area contributed by atoms with Crippen LogP contribution in [0.25, 0.3) is 11.4 Å². The number of hydrogen-bond donors (Lipinski definition) is 0. The maximum atomic E-state index is 13.3. The standard InChI is InChI=1S/C24H25N3O3/c1-29-18-11-7-10-17(14-18)22-25-23(30-26-22)21-12-5-6-13-27(21)24(28)20-15-19(20)16-8-3-2-4-9-16/h2-4,7-11,14,19-21H,5-6,12-13,15H2,1H3. The van der Waals surface area contributed by atoms with Crippen molar-refractivity contribution < 1.29 is 14.1 Å². The number of rotatable bonds is 5. The van der Waals surface area contributed by atoms with Gasteiger partial charge < -0.3 is 14.2 Å². The van der Waals surface area contributed by atoms with Crippen molar-refractivity contribution >= 4 is 5.91 Å². The molecule has 0 bridgehead atoms. The Balaban J connectivity index is 1.35. The first kappa shape index (κ1) is 18.9. The van der Waals surface area contributed by atoms with Gasteiger partial charge in [0.2, 0.25) is 17.6 Å². The van der Waals surface area contributed by atoms with Crippen molar-refractivity contribution in [1.29, 1.82) is 0 Å². The van der Waals surface area contributed by atoms with E-state index in [0.29, 0.717) is 17.6 Å². The number of carbonyl (C=O) groups excluding carboxylic acids is 1. The monoisotopic (exact) mass is 403 g/mol. The van der Waals surface area contributed by atoms with Crippen LogP contribution in [-0.4, -0.2) is 34.6 Å². The van der Waals surface area contributed by atoms with Crippen molar-refractivity contribution in [2.45, 2.75) is 37.6 Å².